The van der Waals surface area contributed by atoms with E-state index in [-0.39, 0.29) is 22.5 Å². The van der Waals surface area contributed by atoms with Gasteiger partial charge in [-0.2, -0.15) is 13.5 Å². The van der Waals surface area contributed by atoms with Crippen molar-refractivity contribution in [3.63, 3.8) is 0 Å². The minimum Gasteiger partial charge on any atom is -0.381 e. The van der Waals surface area contributed by atoms with Gasteiger partial charge in [0, 0.05) is 39.6 Å². The highest BCUT2D eigenvalue weighted by Crippen LogP contribution is 2.30. The van der Waals surface area contributed by atoms with E-state index < -0.39 is 10.0 Å². The van der Waals surface area contributed by atoms with Gasteiger partial charge in [0.2, 0.25) is 5.84 Å². The van der Waals surface area contributed by atoms with Crippen molar-refractivity contribution in [3.8, 4) is 0 Å². The van der Waals surface area contributed by atoms with Crippen molar-refractivity contribution in [2.45, 2.75) is 17.2 Å². The van der Waals surface area contributed by atoms with Crippen molar-refractivity contribution in [1.29, 1.82) is 0 Å². The number of para-hydroxylation sites is 1. The molecule has 0 amide bonds. The van der Waals surface area contributed by atoms with Gasteiger partial charge in [-0.25, -0.2) is 5.01 Å². The fourth-order valence-electron chi connectivity index (χ4n) is 5.17. The molecule has 8 nitrogen and oxygen atoms in total. The molecule has 0 spiro atoms. The number of amidine groups is 2. The maximum absolute atomic E-state index is 13.5. The summed E-state index contributed by atoms with van der Waals surface area (Å²) in [5, 5.41) is 8.52. The first-order valence-corrected chi connectivity index (χ1v) is 16.1. The molecule has 222 valence electrons. The molecule has 6 rings (SSSR count). The van der Waals surface area contributed by atoms with Crippen LogP contribution in [0.5, 0.6) is 0 Å². The number of hydrogen-bond acceptors (Lipinski definition) is 4. The highest BCUT2D eigenvalue weighted by molar-refractivity contribution is 7.90. The first kappa shape index (κ1) is 29.6. The minimum absolute atomic E-state index is 0.0216. The number of sulfonamides is 1. The van der Waals surface area contributed by atoms with E-state index in [0.717, 1.165) is 33.3 Å². The van der Waals surface area contributed by atoms with Gasteiger partial charge in [0.05, 0.1) is 17.2 Å². The normalized spacial score (nSPS) is 16.0. The summed E-state index contributed by atoms with van der Waals surface area (Å²) < 4.78 is 31.3. The van der Waals surface area contributed by atoms with Crippen molar-refractivity contribution >= 4 is 61.5 Å². The number of nitrogens with zero attached hydrogens (tertiary/aromatic N) is 4. The van der Waals surface area contributed by atoms with Crippen molar-refractivity contribution in [2.75, 3.05) is 13.1 Å². The van der Waals surface area contributed by atoms with Crippen LogP contribution in [0.25, 0.3) is 10.9 Å². The number of hydrogen-bond donors (Lipinski definition) is 2. The van der Waals surface area contributed by atoms with Gasteiger partial charge in [0.1, 0.15) is 0 Å². The average molecular weight is 644 g/mol. The number of nitrogens with two attached hydrogens (primary N) is 1. The smallest absolute Gasteiger partial charge is 0.284 e. The van der Waals surface area contributed by atoms with Crippen LogP contribution >= 0.6 is 23.2 Å². The topological polar surface area (TPSA) is 116 Å². The summed E-state index contributed by atoms with van der Waals surface area (Å²) >= 11 is 12.2. The Hall–Kier alpha value is -4.44. The van der Waals surface area contributed by atoms with Gasteiger partial charge >= 0.3 is 0 Å². The molecule has 11 heteroatoms. The van der Waals surface area contributed by atoms with Crippen molar-refractivity contribution in [1.82, 2.24) is 9.99 Å². The first-order valence-electron chi connectivity index (χ1n) is 13.9. The molecule has 0 radical (unpaired) electrons. The molecule has 3 N–H and O–H groups in total. The number of aromatic amines is 1. The molecule has 5 aromatic rings. The molecule has 0 fully saturated rings. The Morgan fingerprint density at radius 1 is 0.909 bits per heavy atom. The van der Waals surface area contributed by atoms with E-state index in [1.165, 1.54) is 29.3 Å². The minimum atomic E-state index is -4.19. The lowest BCUT2D eigenvalue weighted by Crippen LogP contribution is -2.38. The lowest BCUT2D eigenvalue weighted by Gasteiger charge is -2.18. The van der Waals surface area contributed by atoms with E-state index in [4.69, 9.17) is 34.0 Å². The molecular weight excluding hydrogens is 615 g/mol. The van der Waals surface area contributed by atoms with Crippen LogP contribution in [0.1, 0.15) is 22.6 Å². The van der Waals surface area contributed by atoms with Crippen molar-refractivity contribution in [3.05, 3.63) is 136 Å². The van der Waals surface area contributed by atoms with Crippen molar-refractivity contribution in [2.24, 2.45) is 20.2 Å². The molecular formula is C33H28Cl2N6O2S. The van der Waals surface area contributed by atoms with E-state index in [1.54, 1.807) is 12.1 Å². The van der Waals surface area contributed by atoms with Crippen molar-refractivity contribution < 1.29 is 8.42 Å². The van der Waals surface area contributed by atoms with Gasteiger partial charge in [-0.1, -0.05) is 83.9 Å². The number of rotatable bonds is 7. The second-order valence-corrected chi connectivity index (χ2v) is 12.7. The predicted molar refractivity (Wildman–Crippen MR) is 178 cm³/mol. The van der Waals surface area contributed by atoms with Crippen LogP contribution in [0.15, 0.2) is 129 Å². The number of halogens is 2. The summed E-state index contributed by atoms with van der Waals surface area (Å²) in [4.78, 5) is 7.83. The Morgan fingerprint density at radius 3 is 2.30 bits per heavy atom. The standard InChI is InChI=1S/C33H28Cl2N6O2S/c34-25-12-10-23(11-13-25)31-29(22-6-2-1-3-7-22)21-41(39-31)33(40-44(42,43)27-16-14-26(35)15-17-27)32(36)37-19-18-24-20-38-30-9-5-4-8-28(24)30/h1-17,20,29,38H,18-19,21H2,(H2,36,37)/b40-33+. The van der Waals surface area contributed by atoms with Crippen LogP contribution < -0.4 is 5.73 Å². The summed E-state index contributed by atoms with van der Waals surface area (Å²) in [6.45, 7) is 0.618. The number of benzene rings is 4. The molecule has 0 saturated heterocycles. The molecule has 0 bridgehead atoms. The average Bonchev–Trinajstić information content (AvgIpc) is 3.66. The van der Waals surface area contributed by atoms with Gasteiger partial charge in [0.25, 0.3) is 10.0 Å². The molecule has 1 aromatic heterocycles. The number of H-pyrrole nitrogens is 1. The number of aliphatic imine (C=N–C) groups is 1. The van der Waals surface area contributed by atoms with Crippen LogP contribution in [0, 0.1) is 0 Å². The summed E-state index contributed by atoms with van der Waals surface area (Å²) in [6, 6.07) is 31.1. The van der Waals surface area contributed by atoms with E-state index in [0.29, 0.717) is 29.6 Å². The zero-order chi connectivity index (χ0) is 30.7. The third-order valence-corrected chi connectivity index (χ3v) is 9.17. The fourth-order valence-corrected chi connectivity index (χ4v) is 6.42. The van der Waals surface area contributed by atoms with E-state index in [2.05, 4.69) is 14.4 Å². The largest absolute Gasteiger partial charge is 0.381 e. The summed E-state index contributed by atoms with van der Waals surface area (Å²) in [7, 11) is -4.19. The summed E-state index contributed by atoms with van der Waals surface area (Å²) in [6.07, 6.45) is 2.54. The molecule has 4 aromatic carbocycles. The van der Waals surface area contributed by atoms with E-state index >= 15 is 0 Å². The number of nitrogens with one attached hydrogen (secondary N) is 1. The molecule has 0 aliphatic carbocycles. The van der Waals surface area contributed by atoms with Gasteiger partial charge in [-0.15, -0.1) is 4.40 Å². The molecule has 1 unspecified atom stereocenters. The predicted octanol–water partition coefficient (Wildman–Crippen LogP) is 6.67. The maximum atomic E-state index is 13.5. The van der Waals surface area contributed by atoms with Crippen LogP contribution in [-0.4, -0.2) is 48.9 Å². The summed E-state index contributed by atoms with van der Waals surface area (Å²) in [5.41, 5.74) is 11.3. The Morgan fingerprint density at radius 2 is 1.57 bits per heavy atom. The number of fused-ring (bicyclic) bond motifs is 1. The van der Waals surface area contributed by atoms with Gasteiger partial charge < -0.3 is 10.7 Å². The molecule has 1 atom stereocenters. The van der Waals surface area contributed by atoms with Crippen LogP contribution in [-0.2, 0) is 16.4 Å². The second kappa shape index (κ2) is 12.7. The lowest BCUT2D eigenvalue weighted by atomic mass is 9.91. The second-order valence-electron chi connectivity index (χ2n) is 10.3. The number of aromatic nitrogens is 1. The Bertz CT molecular complexity index is 1990. The SMILES string of the molecule is NC(=NCCc1c[nH]c2ccccc12)/C(=N\S(=O)(=O)c1ccc(Cl)cc1)N1CC(c2ccccc2)C(c2ccc(Cl)cc2)=N1. The highest BCUT2D eigenvalue weighted by atomic mass is 35.5. The molecule has 44 heavy (non-hydrogen) atoms. The van der Waals surface area contributed by atoms with Gasteiger partial charge in [-0.3, -0.25) is 4.99 Å². The van der Waals surface area contributed by atoms with E-state index in [9.17, 15) is 8.42 Å². The van der Waals surface area contributed by atoms with Crippen LogP contribution in [0.3, 0.4) is 0 Å². The van der Waals surface area contributed by atoms with Crippen LogP contribution in [0.4, 0.5) is 0 Å². The zero-order valence-corrected chi connectivity index (χ0v) is 25.8. The van der Waals surface area contributed by atoms with Gasteiger partial charge in [0.15, 0.2) is 5.84 Å². The monoisotopic (exact) mass is 642 g/mol. The number of hydrazone groups is 1. The molecule has 1 aliphatic rings. The zero-order valence-electron chi connectivity index (χ0n) is 23.4. The van der Waals surface area contributed by atoms with Crippen LogP contribution in [0.2, 0.25) is 10.0 Å². The molecule has 0 saturated carbocycles. The molecule has 2 heterocycles. The highest BCUT2D eigenvalue weighted by Gasteiger charge is 2.33. The lowest BCUT2D eigenvalue weighted by molar-refractivity contribution is 0.480. The van der Waals surface area contributed by atoms with E-state index in [1.807, 2.05) is 72.9 Å². The third-order valence-electron chi connectivity index (χ3n) is 7.39. The Labute approximate surface area is 265 Å². The Kier molecular flexibility index (Phi) is 8.52. The molecule has 1 aliphatic heterocycles. The van der Waals surface area contributed by atoms with Gasteiger partial charge in [-0.05, 0) is 65.6 Å². The summed E-state index contributed by atoms with van der Waals surface area (Å²) in [5.74, 6) is -0.279. The Balaban J connectivity index is 1.39. The fraction of sp³-hybridized carbons (Fsp3) is 0.121. The quantitative estimate of drug-likeness (QED) is 0.152. The maximum Gasteiger partial charge on any atom is 0.284 e. The first-order chi connectivity index (χ1) is 21.3. The third kappa shape index (κ3) is 6.40.